The van der Waals surface area contributed by atoms with E-state index < -0.39 is 0 Å². The van der Waals surface area contributed by atoms with Crippen LogP contribution >= 0.6 is 0 Å². The van der Waals surface area contributed by atoms with Gasteiger partial charge >= 0.3 is 0 Å². The Morgan fingerprint density at radius 2 is 1.96 bits per heavy atom. The third-order valence-corrected chi connectivity index (χ3v) is 4.75. The lowest BCUT2D eigenvalue weighted by atomic mass is 10.1. The second kappa shape index (κ2) is 8.04. The van der Waals surface area contributed by atoms with Crippen molar-refractivity contribution in [2.45, 2.75) is 26.3 Å². The SMILES string of the molecule is CCc1ccc(N2C[C@H](C(=O)NCc3cccc(OC)c3)CC2=O)cc1. The summed E-state index contributed by atoms with van der Waals surface area (Å²) in [5.41, 5.74) is 3.05. The normalized spacial score (nSPS) is 16.6. The van der Waals surface area contributed by atoms with Crippen molar-refractivity contribution < 1.29 is 14.3 Å². The number of aryl methyl sites for hydroxylation is 1. The highest BCUT2D eigenvalue weighted by molar-refractivity contribution is 6.00. The summed E-state index contributed by atoms with van der Waals surface area (Å²) in [5, 5.41) is 2.93. The van der Waals surface area contributed by atoms with Gasteiger partial charge in [-0.25, -0.2) is 0 Å². The number of hydrogen-bond acceptors (Lipinski definition) is 3. The van der Waals surface area contributed by atoms with E-state index in [1.807, 2.05) is 48.5 Å². The van der Waals surface area contributed by atoms with Gasteiger partial charge in [0.1, 0.15) is 5.75 Å². The highest BCUT2D eigenvalue weighted by Crippen LogP contribution is 2.25. The van der Waals surface area contributed by atoms with Crippen molar-refractivity contribution in [3.63, 3.8) is 0 Å². The van der Waals surface area contributed by atoms with Gasteiger partial charge < -0.3 is 15.0 Å². The van der Waals surface area contributed by atoms with Crippen LogP contribution in [-0.2, 0) is 22.6 Å². The maximum atomic E-state index is 12.5. The van der Waals surface area contributed by atoms with Crippen LogP contribution in [0, 0.1) is 5.92 Å². The molecule has 136 valence electrons. The quantitative estimate of drug-likeness (QED) is 0.870. The largest absolute Gasteiger partial charge is 0.497 e. The van der Waals surface area contributed by atoms with Crippen LogP contribution in [0.3, 0.4) is 0 Å². The molecule has 5 nitrogen and oxygen atoms in total. The van der Waals surface area contributed by atoms with Gasteiger partial charge in [-0.15, -0.1) is 0 Å². The van der Waals surface area contributed by atoms with Crippen LogP contribution in [0.4, 0.5) is 5.69 Å². The Balaban J connectivity index is 1.59. The second-order valence-corrected chi connectivity index (χ2v) is 6.49. The third kappa shape index (κ3) is 4.04. The Hall–Kier alpha value is -2.82. The second-order valence-electron chi connectivity index (χ2n) is 6.49. The Kier molecular flexibility index (Phi) is 5.56. The lowest BCUT2D eigenvalue weighted by molar-refractivity contribution is -0.126. The van der Waals surface area contributed by atoms with Crippen LogP contribution < -0.4 is 15.0 Å². The molecule has 26 heavy (non-hydrogen) atoms. The number of ether oxygens (including phenoxy) is 1. The number of nitrogens with zero attached hydrogens (tertiary/aromatic N) is 1. The molecule has 5 heteroatoms. The first-order chi connectivity index (χ1) is 12.6. The Labute approximate surface area is 154 Å². The average molecular weight is 352 g/mol. The molecule has 0 saturated carbocycles. The fraction of sp³-hybridized carbons (Fsp3) is 0.333. The van der Waals surface area contributed by atoms with Gasteiger partial charge in [0.2, 0.25) is 11.8 Å². The molecule has 1 aliphatic rings. The van der Waals surface area contributed by atoms with Crippen molar-refractivity contribution >= 4 is 17.5 Å². The van der Waals surface area contributed by atoms with Crippen molar-refractivity contribution in [3.05, 3.63) is 59.7 Å². The zero-order valence-electron chi connectivity index (χ0n) is 15.2. The van der Waals surface area contributed by atoms with Gasteiger partial charge in [-0.05, 0) is 41.8 Å². The number of methoxy groups -OCH3 is 1. The van der Waals surface area contributed by atoms with Crippen molar-refractivity contribution in [1.29, 1.82) is 0 Å². The molecular formula is C21H24N2O3. The minimum Gasteiger partial charge on any atom is -0.497 e. The smallest absolute Gasteiger partial charge is 0.227 e. The van der Waals surface area contributed by atoms with Gasteiger partial charge in [0.15, 0.2) is 0 Å². The summed E-state index contributed by atoms with van der Waals surface area (Å²) in [6.45, 7) is 2.94. The molecular weight excluding hydrogens is 328 g/mol. The maximum Gasteiger partial charge on any atom is 0.227 e. The molecule has 0 aliphatic carbocycles. The molecule has 0 spiro atoms. The zero-order chi connectivity index (χ0) is 18.5. The van der Waals surface area contributed by atoms with E-state index in [1.54, 1.807) is 12.0 Å². The summed E-state index contributed by atoms with van der Waals surface area (Å²) in [6, 6.07) is 15.5. The molecule has 2 aromatic carbocycles. The predicted octanol–water partition coefficient (Wildman–Crippen LogP) is 2.93. The third-order valence-electron chi connectivity index (χ3n) is 4.75. The summed E-state index contributed by atoms with van der Waals surface area (Å²) in [5.74, 6) is 0.345. The van der Waals surface area contributed by atoms with Gasteiger partial charge in [0, 0.05) is 25.2 Å². The monoisotopic (exact) mass is 352 g/mol. The van der Waals surface area contributed by atoms with Crippen LogP contribution in [0.5, 0.6) is 5.75 Å². The highest BCUT2D eigenvalue weighted by atomic mass is 16.5. The fourth-order valence-corrected chi connectivity index (χ4v) is 3.16. The van der Waals surface area contributed by atoms with Crippen molar-refractivity contribution in [2.24, 2.45) is 5.92 Å². The Morgan fingerprint density at radius 3 is 2.65 bits per heavy atom. The first-order valence-electron chi connectivity index (χ1n) is 8.90. The van der Waals surface area contributed by atoms with E-state index in [0.717, 1.165) is 23.4 Å². The van der Waals surface area contributed by atoms with Crippen LogP contribution in [0.1, 0.15) is 24.5 Å². The van der Waals surface area contributed by atoms with Crippen LogP contribution in [-0.4, -0.2) is 25.5 Å². The molecule has 2 aromatic rings. The number of benzene rings is 2. The fourth-order valence-electron chi connectivity index (χ4n) is 3.16. The number of anilines is 1. The van der Waals surface area contributed by atoms with E-state index in [0.29, 0.717) is 13.1 Å². The number of carbonyl (C=O) groups excluding carboxylic acids is 2. The topological polar surface area (TPSA) is 58.6 Å². The molecule has 1 N–H and O–H groups in total. The number of hydrogen-bond donors (Lipinski definition) is 1. The van der Waals surface area contributed by atoms with E-state index in [9.17, 15) is 9.59 Å². The Morgan fingerprint density at radius 1 is 1.19 bits per heavy atom. The van der Waals surface area contributed by atoms with E-state index in [2.05, 4.69) is 12.2 Å². The summed E-state index contributed by atoms with van der Waals surface area (Å²) < 4.78 is 5.19. The number of rotatable bonds is 6. The Bertz CT molecular complexity index is 786. The lowest BCUT2D eigenvalue weighted by Crippen LogP contribution is -2.32. The molecule has 1 aliphatic heterocycles. The van der Waals surface area contributed by atoms with Crippen molar-refractivity contribution in [3.8, 4) is 5.75 Å². The summed E-state index contributed by atoms with van der Waals surface area (Å²) in [4.78, 5) is 26.5. The predicted molar refractivity (Wildman–Crippen MR) is 101 cm³/mol. The number of carbonyl (C=O) groups is 2. The minimum atomic E-state index is -0.320. The van der Waals surface area contributed by atoms with E-state index in [4.69, 9.17) is 4.74 Å². The molecule has 0 bridgehead atoms. The summed E-state index contributed by atoms with van der Waals surface area (Å²) in [6.07, 6.45) is 1.21. The van der Waals surface area contributed by atoms with E-state index in [-0.39, 0.29) is 24.2 Å². The van der Waals surface area contributed by atoms with Gasteiger partial charge in [0.25, 0.3) is 0 Å². The molecule has 2 amide bonds. The average Bonchev–Trinajstić information content (AvgIpc) is 3.08. The van der Waals surface area contributed by atoms with Gasteiger partial charge in [-0.3, -0.25) is 9.59 Å². The first-order valence-corrected chi connectivity index (χ1v) is 8.90. The van der Waals surface area contributed by atoms with E-state index in [1.165, 1.54) is 5.56 Å². The van der Waals surface area contributed by atoms with E-state index >= 15 is 0 Å². The molecule has 0 radical (unpaired) electrons. The van der Waals surface area contributed by atoms with Crippen LogP contribution in [0.15, 0.2) is 48.5 Å². The van der Waals surface area contributed by atoms with Crippen molar-refractivity contribution in [1.82, 2.24) is 5.32 Å². The zero-order valence-corrected chi connectivity index (χ0v) is 15.2. The molecule has 0 unspecified atom stereocenters. The molecule has 1 fully saturated rings. The maximum absolute atomic E-state index is 12.5. The van der Waals surface area contributed by atoms with Gasteiger partial charge in [-0.1, -0.05) is 31.2 Å². The van der Waals surface area contributed by atoms with Crippen LogP contribution in [0.2, 0.25) is 0 Å². The number of nitrogens with one attached hydrogen (secondary N) is 1. The highest BCUT2D eigenvalue weighted by Gasteiger charge is 2.34. The lowest BCUT2D eigenvalue weighted by Gasteiger charge is -2.17. The first kappa shape index (κ1) is 18.0. The molecule has 1 saturated heterocycles. The van der Waals surface area contributed by atoms with Gasteiger partial charge in [-0.2, -0.15) is 0 Å². The summed E-state index contributed by atoms with van der Waals surface area (Å²) in [7, 11) is 1.61. The molecule has 1 atom stereocenters. The minimum absolute atomic E-state index is 0.00391. The van der Waals surface area contributed by atoms with Crippen molar-refractivity contribution in [2.75, 3.05) is 18.6 Å². The molecule has 1 heterocycles. The number of amides is 2. The summed E-state index contributed by atoms with van der Waals surface area (Å²) >= 11 is 0. The van der Waals surface area contributed by atoms with Crippen LogP contribution in [0.25, 0.3) is 0 Å². The van der Waals surface area contributed by atoms with Gasteiger partial charge in [0.05, 0.1) is 13.0 Å². The standard InChI is InChI=1S/C21H24N2O3/c1-3-15-7-9-18(10-8-15)23-14-17(12-20(23)24)21(25)22-13-16-5-4-6-19(11-16)26-2/h4-11,17H,3,12-14H2,1-2H3,(H,22,25)/t17-/m1/s1. The molecule has 3 rings (SSSR count). The molecule has 0 aromatic heterocycles.